The third-order valence-electron chi connectivity index (χ3n) is 5.69. The van der Waals surface area contributed by atoms with Crippen LogP contribution in [-0.2, 0) is 9.59 Å². The van der Waals surface area contributed by atoms with Crippen LogP contribution >= 0.6 is 0 Å². The van der Waals surface area contributed by atoms with E-state index in [0.29, 0.717) is 12.0 Å². The largest absolute Gasteiger partial charge is 0.402 e. The molecule has 2 aromatic rings. The van der Waals surface area contributed by atoms with Crippen LogP contribution in [0, 0.1) is 12.8 Å². The molecule has 4 amide bonds. The van der Waals surface area contributed by atoms with Crippen LogP contribution in [0.1, 0.15) is 44.5 Å². The summed E-state index contributed by atoms with van der Waals surface area (Å²) in [4.78, 5) is 51.0. The van der Waals surface area contributed by atoms with Gasteiger partial charge in [-0.1, -0.05) is 23.4 Å². The maximum Gasteiger partial charge on any atom is 0.402 e. The van der Waals surface area contributed by atoms with E-state index < -0.39 is 48.3 Å². The molecule has 180 valence electrons. The van der Waals surface area contributed by atoms with E-state index in [9.17, 15) is 32.3 Å². The lowest BCUT2D eigenvalue weighted by Crippen LogP contribution is -2.51. The highest BCUT2D eigenvalue weighted by molar-refractivity contribution is 6.02. The molecule has 1 aromatic carbocycles. The summed E-state index contributed by atoms with van der Waals surface area (Å²) >= 11 is 0. The molecule has 2 atom stereocenters. The van der Waals surface area contributed by atoms with Gasteiger partial charge in [0.1, 0.15) is 6.04 Å². The maximum absolute atomic E-state index is 13.7. The Morgan fingerprint density at radius 1 is 1.21 bits per heavy atom. The lowest BCUT2D eigenvalue weighted by Gasteiger charge is -2.28. The Morgan fingerprint density at radius 2 is 1.91 bits per heavy atom. The Bertz CT molecular complexity index is 1150. The number of aryl methyl sites for hydroxylation is 1. The van der Waals surface area contributed by atoms with Gasteiger partial charge in [0.2, 0.25) is 11.7 Å². The SMILES string of the molecule is Cc1cnoc1C(=O)NCC(C(=O)N[C@@H]1C(=O)N2CCCN2C(=O)c2ccccc21)C(F)(F)F. The van der Waals surface area contributed by atoms with Gasteiger partial charge in [0.25, 0.3) is 17.7 Å². The Balaban J connectivity index is 1.58. The molecule has 0 saturated carbocycles. The van der Waals surface area contributed by atoms with Gasteiger partial charge in [0, 0.05) is 30.8 Å². The molecule has 13 heteroatoms. The smallest absolute Gasteiger partial charge is 0.351 e. The highest BCUT2D eigenvalue weighted by Crippen LogP contribution is 2.32. The van der Waals surface area contributed by atoms with Crippen molar-refractivity contribution in [3.05, 3.63) is 52.9 Å². The first-order valence-corrected chi connectivity index (χ1v) is 10.4. The lowest BCUT2D eigenvalue weighted by atomic mass is 9.98. The van der Waals surface area contributed by atoms with Gasteiger partial charge in [0.15, 0.2) is 5.92 Å². The standard InChI is InChI=1S/C21H20F3N5O5/c1-11-9-26-34-16(11)18(31)25-10-14(21(22,23)24)17(30)27-15-12-5-2-3-6-13(12)19(32)28-7-4-8-29(28)20(15)33/h2-3,5-6,9,14-15H,4,7-8,10H2,1H3,(H,25,31)(H,27,30)/t14?,15-/m0/s1. The van der Waals surface area contributed by atoms with Crippen LogP contribution in [0.5, 0.6) is 0 Å². The van der Waals surface area contributed by atoms with Crippen LogP contribution in [0.2, 0.25) is 0 Å². The van der Waals surface area contributed by atoms with Gasteiger partial charge in [-0.2, -0.15) is 13.2 Å². The number of nitrogens with one attached hydrogen (secondary N) is 2. The summed E-state index contributed by atoms with van der Waals surface area (Å²) in [5, 5.41) is 9.95. The number of rotatable bonds is 5. The summed E-state index contributed by atoms with van der Waals surface area (Å²) in [6, 6.07) is 4.44. The van der Waals surface area contributed by atoms with Crippen LogP contribution < -0.4 is 10.6 Å². The fraction of sp³-hybridized carbons (Fsp3) is 0.381. The normalized spacial score (nSPS) is 18.8. The van der Waals surface area contributed by atoms with Crippen molar-refractivity contribution >= 4 is 23.6 Å². The second-order valence-corrected chi connectivity index (χ2v) is 7.91. The third kappa shape index (κ3) is 4.20. The molecule has 0 aliphatic carbocycles. The highest BCUT2D eigenvalue weighted by Gasteiger charge is 2.48. The highest BCUT2D eigenvalue weighted by atomic mass is 19.4. The van der Waals surface area contributed by atoms with E-state index in [1.807, 2.05) is 5.32 Å². The number of hydrogen-bond acceptors (Lipinski definition) is 6. The van der Waals surface area contributed by atoms with Crippen LogP contribution in [-0.4, -0.2) is 64.6 Å². The molecular formula is C21H20F3N5O5. The molecule has 2 aliphatic rings. The van der Waals surface area contributed by atoms with E-state index in [1.54, 1.807) is 6.07 Å². The number of carbonyl (C=O) groups is 4. The second-order valence-electron chi connectivity index (χ2n) is 7.91. The molecule has 1 unspecified atom stereocenters. The van der Waals surface area contributed by atoms with Crippen LogP contribution in [0.4, 0.5) is 13.2 Å². The van der Waals surface area contributed by atoms with E-state index in [2.05, 4.69) is 10.5 Å². The Labute approximate surface area is 191 Å². The quantitative estimate of drug-likeness (QED) is 0.667. The first kappa shape index (κ1) is 23.3. The fourth-order valence-corrected chi connectivity index (χ4v) is 3.94. The molecule has 1 fully saturated rings. The van der Waals surface area contributed by atoms with Crippen molar-refractivity contribution in [2.75, 3.05) is 19.6 Å². The van der Waals surface area contributed by atoms with Crippen molar-refractivity contribution in [3.8, 4) is 0 Å². The monoisotopic (exact) mass is 479 g/mol. The van der Waals surface area contributed by atoms with E-state index in [1.165, 1.54) is 36.3 Å². The second kappa shape index (κ2) is 8.80. The van der Waals surface area contributed by atoms with Crippen LogP contribution in [0.15, 0.2) is 35.0 Å². The zero-order chi connectivity index (χ0) is 24.6. The molecule has 3 heterocycles. The minimum atomic E-state index is -5.03. The Kier molecular flexibility index (Phi) is 6.02. The molecule has 34 heavy (non-hydrogen) atoms. The number of alkyl halides is 3. The molecule has 0 radical (unpaired) electrons. The molecular weight excluding hydrogens is 459 g/mol. The summed E-state index contributed by atoms with van der Waals surface area (Å²) in [5.74, 6) is -6.61. The number of halogens is 3. The Morgan fingerprint density at radius 3 is 2.59 bits per heavy atom. The number of amides is 4. The number of carbonyl (C=O) groups excluding carboxylic acids is 4. The molecule has 1 saturated heterocycles. The van der Waals surface area contributed by atoms with Crippen molar-refractivity contribution in [2.24, 2.45) is 5.92 Å². The molecule has 2 aliphatic heterocycles. The van der Waals surface area contributed by atoms with Gasteiger partial charge in [-0.25, -0.2) is 10.0 Å². The molecule has 10 nitrogen and oxygen atoms in total. The predicted octanol–water partition coefficient (Wildman–Crippen LogP) is 1.35. The zero-order valence-electron chi connectivity index (χ0n) is 17.9. The number of fused-ring (bicyclic) bond motifs is 2. The van der Waals surface area contributed by atoms with Crippen molar-refractivity contribution in [1.82, 2.24) is 25.8 Å². The summed E-state index contributed by atoms with van der Waals surface area (Å²) < 4.78 is 45.9. The molecule has 0 spiro atoms. The molecule has 2 N–H and O–H groups in total. The van der Waals surface area contributed by atoms with E-state index in [0.717, 1.165) is 5.01 Å². The minimum absolute atomic E-state index is 0.0995. The van der Waals surface area contributed by atoms with Crippen molar-refractivity contribution in [1.29, 1.82) is 0 Å². The zero-order valence-corrected chi connectivity index (χ0v) is 17.9. The molecule has 4 rings (SSSR count). The fourth-order valence-electron chi connectivity index (χ4n) is 3.94. The van der Waals surface area contributed by atoms with Crippen molar-refractivity contribution < 1.29 is 36.9 Å². The summed E-state index contributed by atoms with van der Waals surface area (Å²) in [6.45, 7) is 0.862. The predicted molar refractivity (Wildman–Crippen MR) is 108 cm³/mol. The average Bonchev–Trinajstić information content (AvgIpc) is 3.43. The first-order chi connectivity index (χ1) is 16.1. The van der Waals surface area contributed by atoms with Gasteiger partial charge in [0.05, 0.1) is 6.20 Å². The summed E-state index contributed by atoms with van der Waals surface area (Å²) in [5.41, 5.74) is 0.525. The van der Waals surface area contributed by atoms with Gasteiger partial charge in [-0.15, -0.1) is 0 Å². The van der Waals surface area contributed by atoms with Gasteiger partial charge < -0.3 is 15.2 Å². The third-order valence-corrected chi connectivity index (χ3v) is 5.69. The van der Waals surface area contributed by atoms with E-state index >= 15 is 0 Å². The maximum atomic E-state index is 13.7. The lowest BCUT2D eigenvalue weighted by molar-refractivity contribution is -0.182. The molecule has 0 bridgehead atoms. The topological polar surface area (TPSA) is 125 Å². The van der Waals surface area contributed by atoms with Crippen LogP contribution in [0.25, 0.3) is 0 Å². The average molecular weight is 479 g/mol. The van der Waals surface area contributed by atoms with E-state index in [4.69, 9.17) is 4.52 Å². The summed E-state index contributed by atoms with van der Waals surface area (Å²) in [6.07, 6.45) is -3.31. The molecule has 1 aromatic heterocycles. The van der Waals surface area contributed by atoms with Crippen LogP contribution in [0.3, 0.4) is 0 Å². The summed E-state index contributed by atoms with van der Waals surface area (Å²) in [7, 11) is 0. The van der Waals surface area contributed by atoms with E-state index in [-0.39, 0.29) is 30.0 Å². The number of hydrogen-bond donors (Lipinski definition) is 2. The number of nitrogens with zero attached hydrogens (tertiary/aromatic N) is 3. The van der Waals surface area contributed by atoms with Gasteiger partial charge >= 0.3 is 6.18 Å². The number of benzene rings is 1. The minimum Gasteiger partial charge on any atom is -0.351 e. The van der Waals surface area contributed by atoms with Gasteiger partial charge in [-0.05, 0) is 25.0 Å². The Hall–Kier alpha value is -3.90. The van der Waals surface area contributed by atoms with Gasteiger partial charge in [-0.3, -0.25) is 19.2 Å². The number of hydrazine groups is 1. The van der Waals surface area contributed by atoms with Crippen molar-refractivity contribution in [2.45, 2.75) is 25.6 Å². The number of aromatic nitrogens is 1. The van der Waals surface area contributed by atoms with Crippen molar-refractivity contribution in [3.63, 3.8) is 0 Å². The first-order valence-electron chi connectivity index (χ1n) is 10.4.